The lowest BCUT2D eigenvalue weighted by Crippen LogP contribution is -2.51. The fraction of sp³-hybridized carbons (Fsp3) is 0.500. The molecule has 1 aliphatic rings. The zero-order chi connectivity index (χ0) is 16.8. The third-order valence-corrected chi connectivity index (χ3v) is 3.48. The Morgan fingerprint density at radius 2 is 1.96 bits per heavy atom. The molecule has 1 N–H and O–H groups in total. The molecule has 0 bridgehead atoms. The van der Waals surface area contributed by atoms with Gasteiger partial charge in [0.1, 0.15) is 12.4 Å². The van der Waals surface area contributed by atoms with E-state index in [1.54, 1.807) is 38.3 Å². The number of hydrogen-bond donors (Lipinski definition) is 1. The van der Waals surface area contributed by atoms with Crippen LogP contribution in [0.5, 0.6) is 5.75 Å². The number of carboxylic acids is 1. The number of carboxylic acid groups (broad SMARTS) is 1. The van der Waals surface area contributed by atoms with Crippen LogP contribution in [0.1, 0.15) is 17.3 Å². The summed E-state index contributed by atoms with van der Waals surface area (Å²) in [5, 5.41) is 9.08. The van der Waals surface area contributed by atoms with Crippen molar-refractivity contribution >= 4 is 11.9 Å². The monoisotopic (exact) mass is 323 g/mol. The molecular formula is C16H21NO6. The van der Waals surface area contributed by atoms with Crippen LogP contribution in [-0.2, 0) is 14.3 Å². The van der Waals surface area contributed by atoms with Crippen molar-refractivity contribution in [2.45, 2.75) is 19.1 Å². The molecule has 1 aromatic carbocycles. The van der Waals surface area contributed by atoms with Gasteiger partial charge in [-0.05, 0) is 31.2 Å². The second-order valence-electron chi connectivity index (χ2n) is 5.35. The van der Waals surface area contributed by atoms with Gasteiger partial charge in [-0.2, -0.15) is 0 Å². The number of aliphatic carboxylic acids is 1. The SMILES string of the molecule is COCCOc1ccc(C(=O)N2CC(C(=O)O)O[C@H](C)C2)cc1. The molecule has 0 spiro atoms. The smallest absolute Gasteiger partial charge is 0.334 e. The number of carbonyl (C=O) groups is 2. The summed E-state index contributed by atoms with van der Waals surface area (Å²) in [5.41, 5.74) is 0.488. The van der Waals surface area contributed by atoms with Crippen molar-refractivity contribution in [2.24, 2.45) is 0 Å². The molecule has 0 aliphatic carbocycles. The molecule has 1 fully saturated rings. The first-order valence-corrected chi connectivity index (χ1v) is 7.40. The van der Waals surface area contributed by atoms with Gasteiger partial charge < -0.3 is 24.2 Å². The molecule has 0 aromatic heterocycles. The molecule has 0 saturated carbocycles. The summed E-state index contributed by atoms with van der Waals surface area (Å²) in [5.74, 6) is -0.622. The number of ether oxygens (including phenoxy) is 3. The minimum Gasteiger partial charge on any atom is -0.491 e. The summed E-state index contributed by atoms with van der Waals surface area (Å²) in [6, 6.07) is 6.75. The zero-order valence-electron chi connectivity index (χ0n) is 13.2. The lowest BCUT2D eigenvalue weighted by molar-refractivity contribution is -0.160. The van der Waals surface area contributed by atoms with Crippen molar-refractivity contribution in [3.8, 4) is 5.75 Å². The number of benzene rings is 1. The summed E-state index contributed by atoms with van der Waals surface area (Å²) in [6.45, 7) is 3.09. The molecule has 1 aliphatic heterocycles. The van der Waals surface area contributed by atoms with Crippen LogP contribution in [0.2, 0.25) is 0 Å². The van der Waals surface area contributed by atoms with Crippen LogP contribution in [-0.4, -0.2) is 67.5 Å². The highest BCUT2D eigenvalue weighted by Crippen LogP contribution is 2.17. The number of morpholine rings is 1. The topological polar surface area (TPSA) is 85.3 Å². The Labute approximate surface area is 134 Å². The van der Waals surface area contributed by atoms with E-state index in [2.05, 4.69) is 0 Å². The lowest BCUT2D eigenvalue weighted by atomic mass is 10.1. The van der Waals surface area contributed by atoms with Crippen molar-refractivity contribution in [1.29, 1.82) is 0 Å². The van der Waals surface area contributed by atoms with Crippen LogP contribution in [0.4, 0.5) is 0 Å². The van der Waals surface area contributed by atoms with Crippen LogP contribution in [0, 0.1) is 0 Å². The van der Waals surface area contributed by atoms with E-state index < -0.39 is 12.1 Å². The average molecular weight is 323 g/mol. The number of methoxy groups -OCH3 is 1. The first-order chi connectivity index (χ1) is 11.0. The minimum atomic E-state index is -1.06. The second-order valence-corrected chi connectivity index (χ2v) is 5.35. The molecule has 7 nitrogen and oxygen atoms in total. The van der Waals surface area contributed by atoms with E-state index in [9.17, 15) is 9.59 Å². The van der Waals surface area contributed by atoms with E-state index >= 15 is 0 Å². The summed E-state index contributed by atoms with van der Waals surface area (Å²) in [6.07, 6.45) is -1.30. The van der Waals surface area contributed by atoms with E-state index in [1.807, 2.05) is 0 Å². The van der Waals surface area contributed by atoms with Gasteiger partial charge in [-0.3, -0.25) is 4.79 Å². The second kappa shape index (κ2) is 7.94. The molecule has 1 saturated heterocycles. The van der Waals surface area contributed by atoms with Crippen LogP contribution < -0.4 is 4.74 Å². The molecule has 2 atom stereocenters. The predicted octanol–water partition coefficient (Wildman–Crippen LogP) is 1.03. The van der Waals surface area contributed by atoms with E-state index in [0.717, 1.165) is 0 Å². The van der Waals surface area contributed by atoms with Crippen molar-refractivity contribution < 1.29 is 28.9 Å². The van der Waals surface area contributed by atoms with E-state index in [0.29, 0.717) is 31.1 Å². The van der Waals surface area contributed by atoms with Gasteiger partial charge in [0.15, 0.2) is 6.10 Å². The maximum Gasteiger partial charge on any atom is 0.334 e. The Hall–Kier alpha value is -2.12. The highest BCUT2D eigenvalue weighted by molar-refractivity contribution is 5.94. The van der Waals surface area contributed by atoms with Crippen molar-refractivity contribution in [3.05, 3.63) is 29.8 Å². The Balaban J connectivity index is 2.00. The maximum atomic E-state index is 12.5. The number of amides is 1. The Morgan fingerprint density at radius 3 is 2.57 bits per heavy atom. The fourth-order valence-corrected chi connectivity index (χ4v) is 2.37. The van der Waals surface area contributed by atoms with Gasteiger partial charge in [0.25, 0.3) is 5.91 Å². The van der Waals surface area contributed by atoms with Crippen molar-refractivity contribution in [2.75, 3.05) is 33.4 Å². The van der Waals surface area contributed by atoms with Gasteiger partial charge in [0.2, 0.25) is 0 Å². The molecule has 7 heteroatoms. The molecule has 0 radical (unpaired) electrons. The Bertz CT molecular complexity index is 544. The van der Waals surface area contributed by atoms with Gasteiger partial charge in [-0.15, -0.1) is 0 Å². The molecule has 1 unspecified atom stereocenters. The summed E-state index contributed by atoms with van der Waals surface area (Å²) >= 11 is 0. The van der Waals surface area contributed by atoms with Gasteiger partial charge >= 0.3 is 5.97 Å². The van der Waals surface area contributed by atoms with Gasteiger partial charge in [-0.25, -0.2) is 4.79 Å². The third kappa shape index (κ3) is 4.67. The number of hydrogen-bond acceptors (Lipinski definition) is 5. The molecule has 126 valence electrons. The molecule has 1 amide bonds. The lowest BCUT2D eigenvalue weighted by Gasteiger charge is -2.35. The van der Waals surface area contributed by atoms with Crippen molar-refractivity contribution in [1.82, 2.24) is 4.90 Å². The Kier molecular flexibility index (Phi) is 5.95. The van der Waals surface area contributed by atoms with Crippen LogP contribution in [0.3, 0.4) is 0 Å². The third-order valence-electron chi connectivity index (χ3n) is 3.48. The standard InChI is InChI=1S/C16H21NO6/c1-11-9-17(10-14(23-11)16(19)20)15(18)12-3-5-13(6-4-12)22-8-7-21-2/h3-6,11,14H,7-10H2,1-2H3,(H,19,20)/t11-,14?/m1/s1. The highest BCUT2D eigenvalue weighted by Gasteiger charge is 2.32. The Morgan fingerprint density at radius 1 is 1.26 bits per heavy atom. The number of carbonyl (C=O) groups excluding carboxylic acids is 1. The zero-order valence-corrected chi connectivity index (χ0v) is 13.2. The molecule has 1 aromatic rings. The molecule has 23 heavy (non-hydrogen) atoms. The van der Waals surface area contributed by atoms with E-state index in [-0.39, 0.29) is 18.6 Å². The molecular weight excluding hydrogens is 302 g/mol. The van der Waals surface area contributed by atoms with Crippen molar-refractivity contribution in [3.63, 3.8) is 0 Å². The fourth-order valence-electron chi connectivity index (χ4n) is 2.37. The summed E-state index contributed by atoms with van der Waals surface area (Å²) in [7, 11) is 1.60. The van der Waals surface area contributed by atoms with Crippen LogP contribution >= 0.6 is 0 Å². The minimum absolute atomic E-state index is 0.0462. The predicted molar refractivity (Wildman–Crippen MR) is 81.7 cm³/mol. The largest absolute Gasteiger partial charge is 0.491 e. The highest BCUT2D eigenvalue weighted by atomic mass is 16.5. The van der Waals surface area contributed by atoms with Gasteiger partial charge in [0.05, 0.1) is 19.3 Å². The van der Waals surface area contributed by atoms with Crippen LogP contribution in [0.15, 0.2) is 24.3 Å². The molecule has 2 rings (SSSR count). The summed E-state index contributed by atoms with van der Waals surface area (Å²) < 4.78 is 15.7. The quantitative estimate of drug-likeness (QED) is 0.787. The number of nitrogens with zero attached hydrogens (tertiary/aromatic N) is 1. The van der Waals surface area contributed by atoms with Crippen LogP contribution in [0.25, 0.3) is 0 Å². The maximum absolute atomic E-state index is 12.5. The molecule has 1 heterocycles. The first-order valence-electron chi connectivity index (χ1n) is 7.40. The van der Waals surface area contributed by atoms with E-state index in [1.165, 1.54) is 4.90 Å². The first kappa shape index (κ1) is 17.2. The van der Waals surface area contributed by atoms with Gasteiger partial charge in [0, 0.05) is 19.2 Å². The number of rotatable bonds is 6. The van der Waals surface area contributed by atoms with Gasteiger partial charge in [-0.1, -0.05) is 0 Å². The normalized spacial score (nSPS) is 21.0. The summed E-state index contributed by atoms with van der Waals surface area (Å²) in [4.78, 5) is 25.1. The average Bonchev–Trinajstić information content (AvgIpc) is 2.54. The van der Waals surface area contributed by atoms with E-state index in [4.69, 9.17) is 19.3 Å².